The zero-order valence-electron chi connectivity index (χ0n) is 10.8. The van der Waals surface area contributed by atoms with Crippen molar-refractivity contribution in [3.63, 3.8) is 0 Å². The van der Waals surface area contributed by atoms with E-state index in [-0.39, 0.29) is 0 Å². The first-order valence-corrected chi connectivity index (χ1v) is 6.54. The average Bonchev–Trinajstić information content (AvgIpc) is 2.54. The summed E-state index contributed by atoms with van der Waals surface area (Å²) < 4.78 is 22.7. The summed E-state index contributed by atoms with van der Waals surface area (Å²) in [5.74, 6) is 2.84. The summed E-state index contributed by atoms with van der Waals surface area (Å²) in [5, 5.41) is 0. The molecule has 2 aliphatic rings. The Kier molecular flexibility index (Phi) is 2.66. The molecule has 0 bridgehead atoms. The van der Waals surface area contributed by atoms with Gasteiger partial charge >= 0.3 is 0 Å². The van der Waals surface area contributed by atoms with Crippen LogP contribution in [0.25, 0.3) is 11.1 Å². The van der Waals surface area contributed by atoms with E-state index in [0.29, 0.717) is 37.9 Å². The summed E-state index contributed by atoms with van der Waals surface area (Å²) in [4.78, 5) is 0. The van der Waals surface area contributed by atoms with Crippen molar-refractivity contribution in [1.29, 1.82) is 0 Å². The van der Waals surface area contributed by atoms with Gasteiger partial charge in [0.2, 0.25) is 0 Å². The molecule has 0 saturated carbocycles. The monoisotopic (exact) mass is 268 g/mol. The molecular formula is C16H12O4. The Balaban J connectivity index is 1.90. The van der Waals surface area contributed by atoms with E-state index < -0.39 is 0 Å². The third kappa shape index (κ3) is 1.76. The molecule has 2 aromatic carbocycles. The summed E-state index contributed by atoms with van der Waals surface area (Å²) >= 11 is 0. The van der Waals surface area contributed by atoms with Gasteiger partial charge in [-0.3, -0.25) is 0 Å². The molecule has 0 aromatic heterocycles. The predicted molar refractivity (Wildman–Crippen MR) is 71.5 cm³/mol. The van der Waals surface area contributed by atoms with Gasteiger partial charge in [-0.15, -0.1) is 0 Å². The summed E-state index contributed by atoms with van der Waals surface area (Å²) in [7, 11) is 0. The molecule has 4 heteroatoms. The zero-order chi connectivity index (χ0) is 13.4. The number of hydrogen-bond acceptors (Lipinski definition) is 4. The van der Waals surface area contributed by atoms with Crippen LogP contribution in [0.3, 0.4) is 0 Å². The van der Waals surface area contributed by atoms with Gasteiger partial charge in [0.15, 0.2) is 23.0 Å². The fraction of sp³-hybridized carbons (Fsp3) is 0.250. The SMILES string of the molecule is [c]1ccc2c(c1-c1[c]ccc3c1OCCO3)OCCO2. The van der Waals surface area contributed by atoms with Crippen molar-refractivity contribution >= 4 is 0 Å². The largest absolute Gasteiger partial charge is 0.486 e. The van der Waals surface area contributed by atoms with Gasteiger partial charge in [-0.25, -0.2) is 0 Å². The van der Waals surface area contributed by atoms with Crippen LogP contribution in [-0.2, 0) is 0 Å². The summed E-state index contributed by atoms with van der Waals surface area (Å²) in [6.45, 7) is 2.19. The maximum absolute atomic E-state index is 5.73. The van der Waals surface area contributed by atoms with Crippen LogP contribution in [0.4, 0.5) is 0 Å². The van der Waals surface area contributed by atoms with Gasteiger partial charge in [0, 0.05) is 11.1 Å². The first-order valence-electron chi connectivity index (χ1n) is 6.54. The van der Waals surface area contributed by atoms with E-state index >= 15 is 0 Å². The Bertz CT molecular complexity index is 593. The van der Waals surface area contributed by atoms with Crippen molar-refractivity contribution in [3.05, 3.63) is 36.4 Å². The number of hydrogen-bond donors (Lipinski definition) is 0. The van der Waals surface area contributed by atoms with Gasteiger partial charge in [-0.05, 0) is 36.4 Å². The maximum Gasteiger partial charge on any atom is 0.169 e. The number of benzene rings is 2. The first-order chi connectivity index (χ1) is 9.93. The van der Waals surface area contributed by atoms with Crippen molar-refractivity contribution in [2.45, 2.75) is 0 Å². The zero-order valence-corrected chi connectivity index (χ0v) is 10.8. The van der Waals surface area contributed by atoms with E-state index in [0.717, 1.165) is 22.6 Å². The van der Waals surface area contributed by atoms with E-state index in [1.165, 1.54) is 0 Å². The highest BCUT2D eigenvalue weighted by Gasteiger charge is 2.23. The van der Waals surface area contributed by atoms with Crippen LogP contribution in [0.2, 0.25) is 0 Å². The molecule has 2 aliphatic heterocycles. The quantitative estimate of drug-likeness (QED) is 0.796. The Morgan fingerprint density at radius 3 is 1.60 bits per heavy atom. The molecule has 0 spiro atoms. The number of ether oxygens (including phenoxy) is 4. The fourth-order valence-corrected chi connectivity index (χ4v) is 2.41. The highest BCUT2D eigenvalue weighted by molar-refractivity contribution is 5.79. The lowest BCUT2D eigenvalue weighted by atomic mass is 10.0. The lowest BCUT2D eigenvalue weighted by Gasteiger charge is -2.24. The molecule has 0 amide bonds. The van der Waals surface area contributed by atoms with Gasteiger partial charge < -0.3 is 18.9 Å². The third-order valence-corrected chi connectivity index (χ3v) is 3.25. The lowest BCUT2D eigenvalue weighted by Crippen LogP contribution is -2.17. The van der Waals surface area contributed by atoms with Gasteiger partial charge in [0.25, 0.3) is 0 Å². The second-order valence-electron chi connectivity index (χ2n) is 4.49. The standard InChI is InChI=1S/C16H12O4/c1-3-11(15-13(5-1)17-7-9-19-15)12-4-2-6-14-16(12)20-10-8-18-14/h1-2,5-6H,7-10H2. The third-order valence-electron chi connectivity index (χ3n) is 3.25. The predicted octanol–water partition coefficient (Wildman–Crippen LogP) is 2.50. The van der Waals surface area contributed by atoms with Crippen LogP contribution in [0.15, 0.2) is 24.3 Å². The molecule has 0 saturated heterocycles. The second-order valence-corrected chi connectivity index (χ2v) is 4.49. The van der Waals surface area contributed by atoms with Crippen molar-refractivity contribution in [1.82, 2.24) is 0 Å². The molecule has 0 unspecified atom stereocenters. The van der Waals surface area contributed by atoms with Crippen molar-refractivity contribution in [2.75, 3.05) is 26.4 Å². The fourth-order valence-electron chi connectivity index (χ4n) is 2.41. The van der Waals surface area contributed by atoms with Crippen molar-refractivity contribution in [3.8, 4) is 34.1 Å². The van der Waals surface area contributed by atoms with E-state index in [4.69, 9.17) is 18.9 Å². The molecular weight excluding hydrogens is 256 g/mol. The van der Waals surface area contributed by atoms with Crippen molar-refractivity contribution in [2.24, 2.45) is 0 Å². The van der Waals surface area contributed by atoms with Gasteiger partial charge in [-0.1, -0.05) is 0 Å². The Morgan fingerprint density at radius 1 is 0.650 bits per heavy atom. The van der Waals surface area contributed by atoms with Gasteiger partial charge in [0.1, 0.15) is 26.4 Å². The van der Waals surface area contributed by atoms with Crippen LogP contribution >= 0.6 is 0 Å². The maximum atomic E-state index is 5.73. The molecule has 0 N–H and O–H groups in total. The van der Waals surface area contributed by atoms with E-state index in [2.05, 4.69) is 12.1 Å². The summed E-state index contributed by atoms with van der Waals surface area (Å²) in [6.07, 6.45) is 0. The Hall–Kier alpha value is -2.36. The second kappa shape index (κ2) is 4.63. The number of fused-ring (bicyclic) bond motifs is 2. The molecule has 0 atom stereocenters. The molecule has 2 heterocycles. The molecule has 0 aliphatic carbocycles. The molecule has 2 aromatic rings. The highest BCUT2D eigenvalue weighted by atomic mass is 16.6. The minimum absolute atomic E-state index is 0.532. The first kappa shape index (κ1) is 11.5. The van der Waals surface area contributed by atoms with E-state index in [9.17, 15) is 0 Å². The normalized spacial score (nSPS) is 15.8. The van der Waals surface area contributed by atoms with Crippen LogP contribution in [0, 0.1) is 12.1 Å². The minimum atomic E-state index is 0.532. The van der Waals surface area contributed by atoms with Gasteiger partial charge in [-0.2, -0.15) is 0 Å². The molecule has 2 radical (unpaired) electrons. The van der Waals surface area contributed by atoms with E-state index in [1.807, 2.05) is 24.3 Å². The minimum Gasteiger partial charge on any atom is -0.486 e. The van der Waals surface area contributed by atoms with Crippen LogP contribution in [-0.4, -0.2) is 26.4 Å². The molecule has 0 fully saturated rings. The van der Waals surface area contributed by atoms with E-state index in [1.54, 1.807) is 0 Å². The Morgan fingerprint density at radius 2 is 1.10 bits per heavy atom. The van der Waals surface area contributed by atoms with Crippen LogP contribution in [0.1, 0.15) is 0 Å². The smallest absolute Gasteiger partial charge is 0.169 e. The molecule has 4 rings (SSSR count). The molecule has 100 valence electrons. The topological polar surface area (TPSA) is 36.9 Å². The van der Waals surface area contributed by atoms with Crippen LogP contribution in [0.5, 0.6) is 23.0 Å². The Labute approximate surface area is 116 Å². The summed E-state index contributed by atoms with van der Waals surface area (Å²) in [6, 6.07) is 13.7. The molecule has 4 nitrogen and oxygen atoms in total. The summed E-state index contributed by atoms with van der Waals surface area (Å²) in [5.41, 5.74) is 1.59. The van der Waals surface area contributed by atoms with Crippen LogP contribution < -0.4 is 18.9 Å². The molecule has 20 heavy (non-hydrogen) atoms. The van der Waals surface area contributed by atoms with Gasteiger partial charge in [0.05, 0.1) is 0 Å². The highest BCUT2D eigenvalue weighted by Crippen LogP contribution is 2.46. The number of rotatable bonds is 1. The average molecular weight is 268 g/mol. The lowest BCUT2D eigenvalue weighted by molar-refractivity contribution is 0.169. The van der Waals surface area contributed by atoms with Crippen molar-refractivity contribution < 1.29 is 18.9 Å².